The van der Waals surface area contributed by atoms with Crippen LogP contribution in [0.4, 0.5) is 0 Å². The zero-order chi connectivity index (χ0) is 26.1. The van der Waals surface area contributed by atoms with E-state index in [2.05, 4.69) is 21.2 Å². The average molecular weight is 572 g/mol. The quantitative estimate of drug-likeness (QED) is 0.292. The number of carbonyl (C=O) groups is 2. The highest BCUT2D eigenvalue weighted by Gasteiger charge is 2.31. The summed E-state index contributed by atoms with van der Waals surface area (Å²) in [6, 6.07) is 22.2. The Labute approximate surface area is 226 Å². The second kappa shape index (κ2) is 13.5. The molecule has 0 aliphatic carbocycles. The van der Waals surface area contributed by atoms with Gasteiger partial charge in [-0.1, -0.05) is 94.6 Å². The third kappa shape index (κ3) is 8.10. The summed E-state index contributed by atoms with van der Waals surface area (Å²) in [6.45, 7) is 6.02. The molecule has 0 saturated heterocycles. The number of carbonyl (C=O) groups excluding carboxylic acids is 2. The number of aryl methyl sites for hydroxylation is 1. The summed E-state index contributed by atoms with van der Waals surface area (Å²) in [4.78, 5) is 28.8. The first-order valence-corrected chi connectivity index (χ1v) is 13.2. The van der Waals surface area contributed by atoms with E-state index < -0.39 is 6.04 Å². The molecule has 0 aliphatic rings. The van der Waals surface area contributed by atoms with Crippen LogP contribution in [0.15, 0.2) is 77.3 Å². The van der Waals surface area contributed by atoms with E-state index in [9.17, 15) is 9.59 Å². The van der Waals surface area contributed by atoms with Crippen LogP contribution >= 0.6 is 27.5 Å². The Balaban J connectivity index is 1.92. The van der Waals surface area contributed by atoms with Crippen LogP contribution in [0.25, 0.3) is 0 Å². The Morgan fingerprint density at radius 1 is 1.03 bits per heavy atom. The Morgan fingerprint density at radius 2 is 1.75 bits per heavy atom. The lowest BCUT2D eigenvalue weighted by atomic mass is 10.0. The molecule has 3 rings (SSSR count). The number of hydrogen-bond donors (Lipinski definition) is 1. The zero-order valence-corrected chi connectivity index (χ0v) is 23.2. The largest absolute Gasteiger partial charge is 0.482 e. The normalized spacial score (nSPS) is 12.5. The highest BCUT2D eigenvalue weighted by atomic mass is 79.9. The van der Waals surface area contributed by atoms with E-state index in [4.69, 9.17) is 16.3 Å². The monoisotopic (exact) mass is 570 g/mol. The lowest BCUT2D eigenvalue weighted by molar-refractivity contribution is -0.143. The lowest BCUT2D eigenvalue weighted by Gasteiger charge is -2.32. The number of nitrogens with one attached hydrogen (secondary N) is 1. The number of halogens is 2. The van der Waals surface area contributed by atoms with Gasteiger partial charge in [-0.3, -0.25) is 9.59 Å². The van der Waals surface area contributed by atoms with Crippen molar-refractivity contribution in [3.63, 3.8) is 0 Å². The first-order valence-electron chi connectivity index (χ1n) is 12.0. The number of amides is 2. The SMILES string of the molecule is CCC(C)NC(=O)C(Cc1ccccc1)N(Cc1cccc(C)c1)C(=O)COc1ccc(Br)cc1Cl. The number of ether oxygens (including phenoxy) is 1. The lowest BCUT2D eigenvalue weighted by Crippen LogP contribution is -2.53. The minimum Gasteiger partial charge on any atom is -0.482 e. The maximum atomic E-state index is 13.6. The van der Waals surface area contributed by atoms with Crippen LogP contribution in [-0.2, 0) is 22.6 Å². The van der Waals surface area contributed by atoms with E-state index in [1.54, 1.807) is 23.1 Å². The van der Waals surface area contributed by atoms with Crippen molar-refractivity contribution in [3.8, 4) is 5.75 Å². The zero-order valence-electron chi connectivity index (χ0n) is 20.8. The number of benzene rings is 3. The third-order valence-electron chi connectivity index (χ3n) is 5.95. The van der Waals surface area contributed by atoms with Crippen LogP contribution in [-0.4, -0.2) is 35.4 Å². The molecule has 36 heavy (non-hydrogen) atoms. The van der Waals surface area contributed by atoms with Crippen molar-refractivity contribution in [2.75, 3.05) is 6.61 Å². The van der Waals surface area contributed by atoms with Gasteiger partial charge in [0.15, 0.2) is 6.61 Å². The van der Waals surface area contributed by atoms with Gasteiger partial charge in [0.05, 0.1) is 5.02 Å². The Hall–Kier alpha value is -2.83. The summed E-state index contributed by atoms with van der Waals surface area (Å²) in [5.74, 6) is -0.0704. The maximum absolute atomic E-state index is 13.6. The second-order valence-corrected chi connectivity index (χ2v) is 10.2. The summed E-state index contributed by atoms with van der Waals surface area (Å²) < 4.78 is 6.62. The van der Waals surface area contributed by atoms with Gasteiger partial charge in [-0.05, 0) is 49.6 Å². The number of rotatable bonds is 11. The van der Waals surface area contributed by atoms with Crippen molar-refractivity contribution in [1.82, 2.24) is 10.2 Å². The van der Waals surface area contributed by atoms with Gasteiger partial charge in [-0.15, -0.1) is 0 Å². The molecule has 0 heterocycles. The smallest absolute Gasteiger partial charge is 0.261 e. The molecule has 0 spiro atoms. The van der Waals surface area contributed by atoms with Crippen molar-refractivity contribution in [1.29, 1.82) is 0 Å². The van der Waals surface area contributed by atoms with Crippen molar-refractivity contribution in [2.45, 2.75) is 52.2 Å². The Bertz CT molecular complexity index is 1170. The standard InChI is InChI=1S/C29H32BrClN2O3/c1-4-21(3)32-29(35)26(16-22-10-6-5-7-11-22)33(18-23-12-8-9-20(2)15-23)28(34)19-36-27-14-13-24(30)17-25(27)31/h5-15,17,21,26H,4,16,18-19H2,1-3H3,(H,32,35). The highest BCUT2D eigenvalue weighted by molar-refractivity contribution is 9.10. The number of hydrogen-bond acceptors (Lipinski definition) is 3. The predicted octanol–water partition coefficient (Wildman–Crippen LogP) is 6.34. The van der Waals surface area contributed by atoms with E-state index in [0.717, 1.165) is 27.6 Å². The predicted molar refractivity (Wildman–Crippen MR) is 148 cm³/mol. The summed E-state index contributed by atoms with van der Waals surface area (Å²) in [7, 11) is 0. The van der Waals surface area contributed by atoms with E-state index >= 15 is 0 Å². The van der Waals surface area contributed by atoms with Crippen molar-refractivity contribution in [2.24, 2.45) is 0 Å². The van der Waals surface area contributed by atoms with E-state index in [-0.39, 0.29) is 31.0 Å². The summed E-state index contributed by atoms with van der Waals surface area (Å²) in [6.07, 6.45) is 1.18. The molecule has 0 saturated carbocycles. The first kappa shape index (κ1) is 27.8. The minimum absolute atomic E-state index is 0.00971. The third-order valence-corrected chi connectivity index (χ3v) is 6.74. The molecular weight excluding hydrogens is 540 g/mol. The van der Waals surface area contributed by atoms with Crippen molar-refractivity contribution >= 4 is 39.3 Å². The first-order chi connectivity index (χ1) is 17.3. The molecule has 2 amide bonds. The topological polar surface area (TPSA) is 58.6 Å². The summed E-state index contributed by atoms with van der Waals surface area (Å²) in [5, 5.41) is 3.47. The van der Waals surface area contributed by atoms with Gasteiger partial charge in [0, 0.05) is 23.5 Å². The second-order valence-electron chi connectivity index (χ2n) is 8.90. The van der Waals surface area contributed by atoms with Crippen LogP contribution in [0, 0.1) is 6.92 Å². The summed E-state index contributed by atoms with van der Waals surface area (Å²) >= 11 is 9.66. The Kier molecular flexibility index (Phi) is 10.4. The Morgan fingerprint density at radius 3 is 2.42 bits per heavy atom. The fraction of sp³-hybridized carbons (Fsp3) is 0.310. The van der Waals surface area contributed by atoms with Gasteiger partial charge in [-0.2, -0.15) is 0 Å². The molecule has 0 aliphatic heterocycles. The summed E-state index contributed by atoms with van der Waals surface area (Å²) in [5.41, 5.74) is 3.00. The molecule has 0 bridgehead atoms. The van der Waals surface area contributed by atoms with Gasteiger partial charge >= 0.3 is 0 Å². The highest BCUT2D eigenvalue weighted by Crippen LogP contribution is 2.28. The van der Waals surface area contributed by atoms with Crippen LogP contribution in [0.2, 0.25) is 5.02 Å². The molecule has 2 unspecified atom stereocenters. The van der Waals surface area contributed by atoms with Gasteiger partial charge in [-0.25, -0.2) is 0 Å². The van der Waals surface area contributed by atoms with Gasteiger partial charge in [0.25, 0.3) is 5.91 Å². The molecule has 1 N–H and O–H groups in total. The molecule has 5 nitrogen and oxygen atoms in total. The molecule has 2 atom stereocenters. The fourth-order valence-corrected chi connectivity index (χ4v) is 4.54. The number of nitrogens with zero attached hydrogens (tertiary/aromatic N) is 1. The van der Waals surface area contributed by atoms with Crippen molar-refractivity contribution < 1.29 is 14.3 Å². The van der Waals surface area contributed by atoms with Crippen LogP contribution in [0.3, 0.4) is 0 Å². The molecule has 3 aromatic carbocycles. The van der Waals surface area contributed by atoms with Crippen LogP contribution in [0.1, 0.15) is 37.0 Å². The molecule has 7 heteroatoms. The molecule has 190 valence electrons. The van der Waals surface area contributed by atoms with Gasteiger partial charge in [0.1, 0.15) is 11.8 Å². The van der Waals surface area contributed by atoms with Crippen molar-refractivity contribution in [3.05, 3.63) is 99.0 Å². The van der Waals surface area contributed by atoms with Crippen LogP contribution < -0.4 is 10.1 Å². The average Bonchev–Trinajstić information content (AvgIpc) is 2.86. The minimum atomic E-state index is -0.710. The van der Waals surface area contributed by atoms with Gasteiger partial charge < -0.3 is 15.0 Å². The molecule has 0 aromatic heterocycles. The van der Waals surface area contributed by atoms with Gasteiger partial charge in [0.2, 0.25) is 5.91 Å². The fourth-order valence-electron chi connectivity index (χ4n) is 3.82. The molecule has 3 aromatic rings. The molecular formula is C29H32BrClN2O3. The maximum Gasteiger partial charge on any atom is 0.261 e. The molecule has 0 radical (unpaired) electrons. The van der Waals surface area contributed by atoms with E-state index in [0.29, 0.717) is 17.2 Å². The molecule has 0 fully saturated rings. The van der Waals surface area contributed by atoms with E-state index in [1.165, 1.54) is 0 Å². The van der Waals surface area contributed by atoms with Crippen LogP contribution in [0.5, 0.6) is 5.75 Å². The van der Waals surface area contributed by atoms with E-state index in [1.807, 2.05) is 75.4 Å².